The predicted molar refractivity (Wildman–Crippen MR) is 90.0 cm³/mol. The molecule has 0 aromatic carbocycles. The summed E-state index contributed by atoms with van der Waals surface area (Å²) in [6.07, 6.45) is 7.13. The molecule has 120 valence electrons. The van der Waals surface area contributed by atoms with Crippen LogP contribution in [0, 0.1) is 5.92 Å². The highest BCUT2D eigenvalue weighted by Gasteiger charge is 2.25. The second kappa shape index (κ2) is 9.98. The number of hydrogen-bond acceptors (Lipinski definition) is 3. The summed E-state index contributed by atoms with van der Waals surface area (Å²) < 4.78 is 0. The maximum Gasteiger partial charge on any atom is 0.222 e. The summed E-state index contributed by atoms with van der Waals surface area (Å²) in [4.78, 5) is 18.2. The van der Waals surface area contributed by atoms with Crippen LogP contribution in [0.2, 0.25) is 0 Å². The van der Waals surface area contributed by atoms with Crippen LogP contribution in [-0.2, 0) is 11.2 Å². The van der Waals surface area contributed by atoms with Crippen molar-refractivity contribution in [3.8, 4) is 0 Å². The van der Waals surface area contributed by atoms with Crippen molar-refractivity contribution in [1.29, 1.82) is 0 Å². The number of carbonyl (C=O) groups excluding carboxylic acids is 1. The number of likely N-dealkylation sites (tertiary alicyclic amines) is 1. The molecule has 0 bridgehead atoms. The van der Waals surface area contributed by atoms with E-state index in [0.29, 0.717) is 12.3 Å². The van der Waals surface area contributed by atoms with E-state index in [1.807, 2.05) is 24.0 Å². The van der Waals surface area contributed by atoms with Gasteiger partial charge in [-0.3, -0.25) is 9.78 Å². The minimum absolute atomic E-state index is 0. The summed E-state index contributed by atoms with van der Waals surface area (Å²) in [6.45, 7) is 3.75. The summed E-state index contributed by atoms with van der Waals surface area (Å²) in [6, 6.07) is 4.11. The molecule has 21 heavy (non-hydrogen) atoms. The van der Waals surface area contributed by atoms with Gasteiger partial charge in [-0.2, -0.15) is 0 Å². The molecule has 2 N–H and O–H groups in total. The number of rotatable bonds is 4. The maximum atomic E-state index is 12.2. The van der Waals surface area contributed by atoms with Gasteiger partial charge in [-0.15, -0.1) is 24.8 Å². The van der Waals surface area contributed by atoms with E-state index in [0.717, 1.165) is 32.4 Å². The lowest BCUT2D eigenvalue weighted by Crippen LogP contribution is -2.45. The van der Waals surface area contributed by atoms with Crippen molar-refractivity contribution in [2.24, 2.45) is 11.7 Å². The third-order valence-electron chi connectivity index (χ3n) is 3.93. The lowest BCUT2D eigenvalue weighted by Gasteiger charge is -2.34. The second-order valence-electron chi connectivity index (χ2n) is 5.46. The molecule has 2 heterocycles. The molecule has 0 saturated carbocycles. The van der Waals surface area contributed by atoms with Crippen molar-refractivity contribution in [2.45, 2.75) is 38.6 Å². The first-order valence-electron chi connectivity index (χ1n) is 7.09. The Hall–Kier alpha value is -0.840. The molecule has 1 fully saturated rings. The molecule has 2 atom stereocenters. The number of aryl methyl sites for hydroxylation is 1. The number of nitrogens with two attached hydrogens (primary N) is 1. The van der Waals surface area contributed by atoms with Gasteiger partial charge < -0.3 is 10.6 Å². The number of hydrogen-bond donors (Lipinski definition) is 1. The van der Waals surface area contributed by atoms with Gasteiger partial charge in [-0.25, -0.2) is 0 Å². The summed E-state index contributed by atoms with van der Waals surface area (Å²) in [5.74, 6) is 0.709. The van der Waals surface area contributed by atoms with E-state index in [9.17, 15) is 4.79 Å². The molecule has 1 aliphatic rings. The van der Waals surface area contributed by atoms with Gasteiger partial charge >= 0.3 is 0 Å². The Morgan fingerprint density at radius 3 is 2.71 bits per heavy atom. The fraction of sp³-hybridized carbons (Fsp3) is 0.600. The Labute approximate surface area is 139 Å². The second-order valence-corrected chi connectivity index (χ2v) is 5.46. The zero-order valence-corrected chi connectivity index (χ0v) is 14.0. The van der Waals surface area contributed by atoms with Gasteiger partial charge in [0, 0.05) is 37.9 Å². The van der Waals surface area contributed by atoms with E-state index in [2.05, 4.69) is 4.98 Å². The van der Waals surface area contributed by atoms with Crippen LogP contribution in [0.25, 0.3) is 0 Å². The van der Waals surface area contributed by atoms with E-state index in [1.54, 1.807) is 12.4 Å². The Morgan fingerprint density at radius 2 is 2.10 bits per heavy atom. The summed E-state index contributed by atoms with van der Waals surface area (Å²) >= 11 is 0. The quantitative estimate of drug-likeness (QED) is 0.920. The van der Waals surface area contributed by atoms with Gasteiger partial charge in [0.2, 0.25) is 5.91 Å². The molecule has 2 rings (SSSR count). The molecule has 1 saturated heterocycles. The van der Waals surface area contributed by atoms with E-state index in [-0.39, 0.29) is 36.8 Å². The van der Waals surface area contributed by atoms with Crippen LogP contribution < -0.4 is 5.73 Å². The fourth-order valence-corrected chi connectivity index (χ4v) is 2.62. The summed E-state index contributed by atoms with van der Waals surface area (Å²) in [7, 11) is 0. The highest BCUT2D eigenvalue weighted by Crippen LogP contribution is 2.19. The molecule has 1 aliphatic heterocycles. The molecule has 0 spiro atoms. The van der Waals surface area contributed by atoms with Crippen molar-refractivity contribution >= 4 is 30.7 Å². The van der Waals surface area contributed by atoms with Gasteiger partial charge in [0.15, 0.2) is 0 Å². The van der Waals surface area contributed by atoms with Crippen LogP contribution in [0.5, 0.6) is 0 Å². The average Bonchev–Trinajstić information content (AvgIpc) is 2.46. The van der Waals surface area contributed by atoms with Gasteiger partial charge in [0.05, 0.1) is 0 Å². The minimum atomic E-state index is 0. The average molecular weight is 334 g/mol. The van der Waals surface area contributed by atoms with E-state index in [4.69, 9.17) is 5.73 Å². The van der Waals surface area contributed by atoms with Crippen LogP contribution in [0.15, 0.2) is 24.5 Å². The van der Waals surface area contributed by atoms with Gasteiger partial charge in [0.25, 0.3) is 0 Å². The molecule has 4 nitrogen and oxygen atoms in total. The monoisotopic (exact) mass is 333 g/mol. The first-order chi connectivity index (χ1) is 9.16. The third-order valence-corrected chi connectivity index (χ3v) is 3.93. The molecule has 0 radical (unpaired) electrons. The Balaban J connectivity index is 0.00000200. The lowest BCUT2D eigenvalue weighted by molar-refractivity contribution is -0.133. The molecule has 1 amide bonds. The van der Waals surface area contributed by atoms with Crippen molar-refractivity contribution in [1.82, 2.24) is 9.88 Å². The van der Waals surface area contributed by atoms with Crippen molar-refractivity contribution in [2.75, 3.05) is 13.1 Å². The molecule has 1 aromatic heterocycles. The molecule has 6 heteroatoms. The molecular weight excluding hydrogens is 309 g/mol. The first-order valence-corrected chi connectivity index (χ1v) is 7.09. The predicted octanol–water partition coefficient (Wildman–Crippen LogP) is 2.44. The number of nitrogens with zero attached hydrogens (tertiary/aromatic N) is 2. The van der Waals surface area contributed by atoms with Crippen molar-refractivity contribution in [3.05, 3.63) is 30.1 Å². The van der Waals surface area contributed by atoms with Gasteiger partial charge in [-0.05, 0) is 49.8 Å². The van der Waals surface area contributed by atoms with Crippen molar-refractivity contribution < 1.29 is 4.79 Å². The summed E-state index contributed by atoms with van der Waals surface area (Å²) in [5.41, 5.74) is 7.12. The summed E-state index contributed by atoms with van der Waals surface area (Å²) in [5, 5.41) is 0. The molecular formula is C15H25Cl2N3O. The van der Waals surface area contributed by atoms with Crippen LogP contribution >= 0.6 is 24.8 Å². The highest BCUT2D eigenvalue weighted by molar-refractivity contribution is 5.85. The Bertz CT molecular complexity index is 415. The van der Waals surface area contributed by atoms with Crippen LogP contribution in [0.1, 0.15) is 31.7 Å². The smallest absolute Gasteiger partial charge is 0.222 e. The van der Waals surface area contributed by atoms with Gasteiger partial charge in [0.1, 0.15) is 0 Å². The van der Waals surface area contributed by atoms with E-state index < -0.39 is 0 Å². The number of aromatic nitrogens is 1. The van der Waals surface area contributed by atoms with Gasteiger partial charge in [-0.1, -0.05) is 0 Å². The minimum Gasteiger partial charge on any atom is -0.342 e. The largest absolute Gasteiger partial charge is 0.342 e. The standard InChI is InChI=1S/C15H23N3O.2ClH/c1-12(16)14-3-2-10-18(11-14)15(19)5-4-13-6-8-17-9-7-13;;/h6-9,12,14H,2-5,10-11,16H2,1H3;2*1H. The zero-order chi connectivity index (χ0) is 13.7. The molecule has 2 unspecified atom stereocenters. The van der Waals surface area contributed by atoms with Crippen LogP contribution in [0.4, 0.5) is 0 Å². The zero-order valence-electron chi connectivity index (χ0n) is 12.4. The normalized spacial score (nSPS) is 19.1. The van der Waals surface area contributed by atoms with Crippen molar-refractivity contribution in [3.63, 3.8) is 0 Å². The topological polar surface area (TPSA) is 59.2 Å². The number of carbonyl (C=O) groups is 1. The number of halogens is 2. The maximum absolute atomic E-state index is 12.2. The number of pyridine rings is 1. The van der Waals surface area contributed by atoms with E-state index in [1.165, 1.54) is 5.56 Å². The van der Waals surface area contributed by atoms with Crippen LogP contribution in [-0.4, -0.2) is 34.9 Å². The third kappa shape index (κ3) is 6.20. The number of piperidine rings is 1. The molecule has 1 aromatic rings. The Morgan fingerprint density at radius 1 is 1.43 bits per heavy atom. The number of amides is 1. The van der Waals surface area contributed by atoms with E-state index >= 15 is 0 Å². The molecule has 0 aliphatic carbocycles. The fourth-order valence-electron chi connectivity index (χ4n) is 2.62. The highest BCUT2D eigenvalue weighted by atomic mass is 35.5. The first kappa shape index (κ1) is 20.2. The lowest BCUT2D eigenvalue weighted by atomic mass is 9.92. The Kier molecular flexibility index (Phi) is 9.58. The SMILES string of the molecule is CC(N)C1CCCN(C(=O)CCc2ccncc2)C1.Cl.Cl. The van der Waals surface area contributed by atoms with Crippen LogP contribution in [0.3, 0.4) is 0 Å².